The molecule has 1 aromatic heterocycles. The van der Waals surface area contributed by atoms with Crippen LogP contribution in [0.5, 0.6) is 0 Å². The predicted octanol–water partition coefficient (Wildman–Crippen LogP) is 2.98. The van der Waals surface area contributed by atoms with E-state index in [1.165, 1.54) is 11.0 Å². The van der Waals surface area contributed by atoms with Crippen molar-refractivity contribution in [3.8, 4) is 0 Å². The van der Waals surface area contributed by atoms with Gasteiger partial charge in [-0.15, -0.1) is 11.8 Å². The van der Waals surface area contributed by atoms with Crippen LogP contribution in [0.15, 0.2) is 70.4 Å². The van der Waals surface area contributed by atoms with Gasteiger partial charge < -0.3 is 15.0 Å². The van der Waals surface area contributed by atoms with Crippen LogP contribution >= 0.6 is 11.8 Å². The van der Waals surface area contributed by atoms with Gasteiger partial charge in [0.2, 0.25) is 5.56 Å². The Kier molecular flexibility index (Phi) is 6.86. The molecule has 7 heteroatoms. The first kappa shape index (κ1) is 19.7. The second-order valence-electron chi connectivity index (χ2n) is 6.03. The molecule has 0 aliphatic heterocycles. The smallest absolute Gasteiger partial charge is 0.339 e. The number of fused-ring (bicyclic) bond motifs is 1. The van der Waals surface area contributed by atoms with E-state index in [0.717, 1.165) is 12.2 Å². The summed E-state index contributed by atoms with van der Waals surface area (Å²) in [4.78, 5) is 39.7. The van der Waals surface area contributed by atoms with Crippen LogP contribution in [0, 0.1) is 0 Å². The van der Waals surface area contributed by atoms with Gasteiger partial charge in [-0.25, -0.2) is 4.79 Å². The highest BCUT2D eigenvalue weighted by Crippen LogP contribution is 2.17. The quantitative estimate of drug-likeness (QED) is 0.347. The number of hydrogen-bond acceptors (Lipinski definition) is 5. The lowest BCUT2D eigenvalue weighted by molar-refractivity contribution is -0.124. The zero-order valence-corrected chi connectivity index (χ0v) is 16.0. The summed E-state index contributed by atoms with van der Waals surface area (Å²) < 4.78 is 5.07. The van der Waals surface area contributed by atoms with Crippen molar-refractivity contribution in [2.24, 2.45) is 0 Å². The number of thioether (sulfide) groups is 1. The second kappa shape index (κ2) is 9.75. The molecule has 1 heterocycles. The van der Waals surface area contributed by atoms with Crippen molar-refractivity contribution in [1.29, 1.82) is 0 Å². The Labute approximate surface area is 166 Å². The first-order valence-corrected chi connectivity index (χ1v) is 9.86. The number of rotatable bonds is 8. The normalized spacial score (nSPS) is 10.6. The largest absolute Gasteiger partial charge is 0.452 e. The molecule has 0 fully saturated rings. The number of pyridine rings is 1. The summed E-state index contributed by atoms with van der Waals surface area (Å²) in [5, 5.41) is 3.30. The number of H-pyrrole nitrogens is 1. The van der Waals surface area contributed by atoms with Crippen molar-refractivity contribution >= 4 is 34.5 Å². The standard InChI is InChI=1S/C21H20N2O4S/c24-19-13-17(16-9-4-5-10-18(16)23-19)21(26)27-14-20(25)22-11-6-12-28-15-7-2-1-3-8-15/h1-5,7-10,13H,6,11-12,14H2,(H,22,25)(H,23,24). The molecule has 144 valence electrons. The molecule has 0 unspecified atom stereocenters. The van der Waals surface area contributed by atoms with Crippen LogP contribution in [0.4, 0.5) is 0 Å². The molecule has 6 nitrogen and oxygen atoms in total. The maximum atomic E-state index is 12.3. The first-order chi connectivity index (χ1) is 13.6. The molecule has 0 saturated heterocycles. The average Bonchev–Trinajstić information content (AvgIpc) is 2.72. The Bertz CT molecular complexity index is 1020. The van der Waals surface area contributed by atoms with Gasteiger partial charge >= 0.3 is 5.97 Å². The fourth-order valence-corrected chi connectivity index (χ4v) is 3.51. The van der Waals surface area contributed by atoms with Crippen LogP contribution in [0.2, 0.25) is 0 Å². The molecule has 0 atom stereocenters. The zero-order chi connectivity index (χ0) is 19.8. The first-order valence-electron chi connectivity index (χ1n) is 8.87. The molecule has 0 bridgehead atoms. The van der Waals surface area contributed by atoms with E-state index >= 15 is 0 Å². The summed E-state index contributed by atoms with van der Waals surface area (Å²) in [7, 11) is 0. The highest BCUT2D eigenvalue weighted by atomic mass is 32.2. The number of amides is 1. The summed E-state index contributed by atoms with van der Waals surface area (Å²) in [6, 6.07) is 18.2. The van der Waals surface area contributed by atoms with Crippen molar-refractivity contribution in [3.05, 3.63) is 76.6 Å². The Morgan fingerprint density at radius 2 is 1.79 bits per heavy atom. The number of para-hydroxylation sites is 1. The molecule has 3 aromatic rings. The van der Waals surface area contributed by atoms with Gasteiger partial charge in [-0.1, -0.05) is 36.4 Å². The van der Waals surface area contributed by atoms with Gasteiger partial charge in [0, 0.05) is 28.4 Å². The topological polar surface area (TPSA) is 88.3 Å². The van der Waals surface area contributed by atoms with Crippen LogP contribution in [0.3, 0.4) is 0 Å². The van der Waals surface area contributed by atoms with Crippen LogP contribution in [0.25, 0.3) is 10.9 Å². The lowest BCUT2D eigenvalue weighted by Gasteiger charge is -2.08. The molecule has 0 spiro atoms. The third kappa shape index (κ3) is 5.47. The number of ether oxygens (including phenoxy) is 1. The number of carbonyl (C=O) groups is 2. The molecule has 28 heavy (non-hydrogen) atoms. The van der Waals surface area contributed by atoms with Crippen molar-refractivity contribution in [2.75, 3.05) is 18.9 Å². The molecule has 2 N–H and O–H groups in total. The van der Waals surface area contributed by atoms with E-state index in [4.69, 9.17) is 4.74 Å². The summed E-state index contributed by atoms with van der Waals surface area (Å²) in [6.07, 6.45) is 0.804. The summed E-state index contributed by atoms with van der Waals surface area (Å²) in [5.74, 6) is -0.188. The highest BCUT2D eigenvalue weighted by molar-refractivity contribution is 7.99. The van der Waals surface area contributed by atoms with E-state index in [0.29, 0.717) is 17.4 Å². The maximum Gasteiger partial charge on any atom is 0.339 e. The number of benzene rings is 2. The predicted molar refractivity (Wildman–Crippen MR) is 110 cm³/mol. The summed E-state index contributed by atoms with van der Waals surface area (Å²) in [6.45, 7) is 0.121. The molecule has 0 aliphatic carbocycles. The van der Waals surface area contributed by atoms with Crippen LogP contribution in [-0.4, -0.2) is 35.8 Å². The lowest BCUT2D eigenvalue weighted by Crippen LogP contribution is -2.30. The van der Waals surface area contributed by atoms with Gasteiger partial charge in [-0.3, -0.25) is 9.59 Å². The zero-order valence-electron chi connectivity index (χ0n) is 15.1. The molecular formula is C21H20N2O4S. The van der Waals surface area contributed by atoms with E-state index in [9.17, 15) is 14.4 Å². The van der Waals surface area contributed by atoms with E-state index < -0.39 is 11.5 Å². The average molecular weight is 396 g/mol. The fraction of sp³-hybridized carbons (Fsp3) is 0.190. The second-order valence-corrected chi connectivity index (χ2v) is 7.20. The Morgan fingerprint density at radius 1 is 1.04 bits per heavy atom. The van der Waals surface area contributed by atoms with Crippen LogP contribution in [-0.2, 0) is 9.53 Å². The van der Waals surface area contributed by atoms with Gasteiger partial charge in [0.15, 0.2) is 6.61 Å². The molecular weight excluding hydrogens is 376 g/mol. The van der Waals surface area contributed by atoms with Gasteiger partial charge in [-0.2, -0.15) is 0 Å². The molecule has 0 saturated carbocycles. The maximum absolute atomic E-state index is 12.3. The Balaban J connectivity index is 1.43. The van der Waals surface area contributed by atoms with Crippen LogP contribution in [0.1, 0.15) is 16.8 Å². The Morgan fingerprint density at radius 3 is 2.61 bits per heavy atom. The SMILES string of the molecule is O=C(COC(=O)c1cc(=O)[nH]c2ccccc12)NCCCSc1ccccc1. The molecule has 0 radical (unpaired) electrons. The highest BCUT2D eigenvalue weighted by Gasteiger charge is 2.14. The lowest BCUT2D eigenvalue weighted by atomic mass is 10.1. The minimum atomic E-state index is -0.697. The van der Waals surface area contributed by atoms with Gasteiger partial charge in [0.05, 0.1) is 5.56 Å². The van der Waals surface area contributed by atoms with Crippen molar-refractivity contribution in [2.45, 2.75) is 11.3 Å². The molecule has 3 rings (SSSR count). The number of carbonyl (C=O) groups excluding carboxylic acids is 2. The summed E-state index contributed by atoms with van der Waals surface area (Å²) >= 11 is 1.72. The van der Waals surface area contributed by atoms with Crippen LogP contribution < -0.4 is 10.9 Å². The van der Waals surface area contributed by atoms with Gasteiger partial charge in [0.1, 0.15) is 0 Å². The fourth-order valence-electron chi connectivity index (χ4n) is 2.64. The molecule has 0 aliphatic rings. The number of esters is 1. The number of aromatic nitrogens is 1. The van der Waals surface area contributed by atoms with E-state index in [1.54, 1.807) is 36.0 Å². The number of hydrogen-bond donors (Lipinski definition) is 2. The summed E-state index contributed by atoms with van der Waals surface area (Å²) in [5.41, 5.74) is 0.291. The van der Waals surface area contributed by atoms with E-state index in [1.807, 2.05) is 30.3 Å². The van der Waals surface area contributed by atoms with E-state index in [-0.39, 0.29) is 18.1 Å². The van der Waals surface area contributed by atoms with E-state index in [2.05, 4.69) is 10.3 Å². The van der Waals surface area contributed by atoms with Crippen molar-refractivity contribution in [1.82, 2.24) is 10.3 Å². The molecule has 1 amide bonds. The Hall–Kier alpha value is -3.06. The monoisotopic (exact) mass is 396 g/mol. The third-order valence-electron chi connectivity index (χ3n) is 3.96. The minimum absolute atomic E-state index is 0.145. The van der Waals surface area contributed by atoms with Crippen molar-refractivity contribution in [3.63, 3.8) is 0 Å². The number of aromatic amines is 1. The number of nitrogens with one attached hydrogen (secondary N) is 2. The van der Waals surface area contributed by atoms with Gasteiger partial charge in [0.25, 0.3) is 5.91 Å². The minimum Gasteiger partial charge on any atom is -0.452 e. The van der Waals surface area contributed by atoms with Gasteiger partial charge in [-0.05, 0) is 30.4 Å². The van der Waals surface area contributed by atoms with Crippen molar-refractivity contribution < 1.29 is 14.3 Å². The molecule has 2 aromatic carbocycles. The third-order valence-corrected chi connectivity index (χ3v) is 5.06.